The van der Waals surface area contributed by atoms with Crippen molar-refractivity contribution in [1.82, 2.24) is 4.90 Å². The Morgan fingerprint density at radius 2 is 1.94 bits per heavy atom. The molecule has 1 aliphatic heterocycles. The third kappa shape index (κ3) is 3.31. The van der Waals surface area contributed by atoms with Gasteiger partial charge in [0.25, 0.3) is 0 Å². The fourth-order valence-corrected chi connectivity index (χ4v) is 2.23. The van der Waals surface area contributed by atoms with E-state index in [0.29, 0.717) is 6.42 Å². The molecule has 0 atom stereocenters. The predicted octanol–water partition coefficient (Wildman–Crippen LogP) is 1.42. The Morgan fingerprint density at radius 3 is 2.50 bits per heavy atom. The molecule has 4 heteroatoms. The maximum Gasteiger partial charge on any atom is 0.226 e. The molecule has 4 nitrogen and oxygen atoms in total. The number of carbonyl (C=O) groups is 1. The average molecular weight is 248 g/mol. The fraction of sp³-hybridized carbons (Fsp3) is 0.500. The Kier molecular flexibility index (Phi) is 4.33. The van der Waals surface area contributed by atoms with E-state index in [1.807, 2.05) is 36.1 Å². The van der Waals surface area contributed by atoms with Crippen LogP contribution in [-0.4, -0.2) is 30.0 Å². The van der Waals surface area contributed by atoms with Gasteiger partial charge in [0, 0.05) is 13.1 Å². The van der Waals surface area contributed by atoms with Gasteiger partial charge in [-0.15, -0.1) is 0 Å². The lowest BCUT2D eigenvalue weighted by molar-refractivity contribution is -0.133. The van der Waals surface area contributed by atoms with Crippen LogP contribution in [0.25, 0.3) is 0 Å². The molecule has 1 aliphatic rings. The minimum Gasteiger partial charge on any atom is -0.342 e. The van der Waals surface area contributed by atoms with Crippen molar-refractivity contribution < 1.29 is 9.63 Å². The summed E-state index contributed by atoms with van der Waals surface area (Å²) in [6.07, 6.45) is 2.24. The lowest BCUT2D eigenvalue weighted by Gasteiger charge is -2.30. The van der Waals surface area contributed by atoms with Gasteiger partial charge in [0.1, 0.15) is 0 Å². The number of benzene rings is 1. The van der Waals surface area contributed by atoms with Gasteiger partial charge in [-0.1, -0.05) is 29.8 Å². The van der Waals surface area contributed by atoms with Crippen molar-refractivity contribution in [2.75, 3.05) is 13.1 Å². The zero-order valence-corrected chi connectivity index (χ0v) is 10.8. The lowest BCUT2D eigenvalue weighted by atomic mass is 10.1. The Hall–Kier alpha value is -1.39. The van der Waals surface area contributed by atoms with Crippen LogP contribution in [-0.2, 0) is 16.1 Å². The summed E-state index contributed by atoms with van der Waals surface area (Å²) in [5, 5.41) is 0. The standard InChI is InChI=1S/C14H20N2O2/c1-11-2-4-12(5-3-11)10-14(17)16-8-6-13(18-15)7-9-16/h2-5,13H,6-10,15H2,1H3. The number of carbonyl (C=O) groups excluding carboxylic acids is 1. The zero-order valence-electron chi connectivity index (χ0n) is 10.8. The number of aryl methyl sites for hydroxylation is 1. The molecule has 1 heterocycles. The lowest BCUT2D eigenvalue weighted by Crippen LogP contribution is -2.42. The molecule has 1 amide bonds. The molecule has 2 rings (SSSR count). The van der Waals surface area contributed by atoms with Gasteiger partial charge in [-0.3, -0.25) is 4.79 Å². The molecular weight excluding hydrogens is 228 g/mol. The second-order valence-electron chi connectivity index (χ2n) is 4.88. The zero-order chi connectivity index (χ0) is 13.0. The number of amides is 1. The van der Waals surface area contributed by atoms with Gasteiger partial charge < -0.3 is 9.74 Å². The van der Waals surface area contributed by atoms with Crippen molar-refractivity contribution in [3.8, 4) is 0 Å². The maximum atomic E-state index is 12.1. The molecule has 0 aliphatic carbocycles. The first kappa shape index (κ1) is 13.1. The van der Waals surface area contributed by atoms with Crippen molar-refractivity contribution >= 4 is 5.91 Å². The molecule has 0 bridgehead atoms. The van der Waals surface area contributed by atoms with E-state index in [9.17, 15) is 4.79 Å². The summed E-state index contributed by atoms with van der Waals surface area (Å²) in [6, 6.07) is 8.11. The summed E-state index contributed by atoms with van der Waals surface area (Å²) in [4.78, 5) is 18.8. The molecule has 0 aromatic heterocycles. The Labute approximate surface area is 108 Å². The first-order chi connectivity index (χ1) is 8.69. The van der Waals surface area contributed by atoms with E-state index in [0.717, 1.165) is 31.5 Å². The van der Waals surface area contributed by atoms with E-state index in [1.54, 1.807) is 0 Å². The van der Waals surface area contributed by atoms with Gasteiger partial charge in [0.05, 0.1) is 12.5 Å². The van der Waals surface area contributed by atoms with Gasteiger partial charge in [-0.05, 0) is 25.3 Å². The Balaban J connectivity index is 1.87. The highest BCUT2D eigenvalue weighted by molar-refractivity contribution is 5.78. The molecule has 2 N–H and O–H groups in total. The third-order valence-corrected chi connectivity index (χ3v) is 3.46. The number of hydrogen-bond acceptors (Lipinski definition) is 3. The monoisotopic (exact) mass is 248 g/mol. The van der Waals surface area contributed by atoms with Crippen LogP contribution in [0.1, 0.15) is 24.0 Å². The van der Waals surface area contributed by atoms with Crippen LogP contribution in [0.2, 0.25) is 0 Å². The first-order valence-corrected chi connectivity index (χ1v) is 6.38. The molecule has 1 aromatic carbocycles. The Morgan fingerprint density at radius 1 is 1.33 bits per heavy atom. The SMILES string of the molecule is Cc1ccc(CC(=O)N2CCC(ON)CC2)cc1. The largest absolute Gasteiger partial charge is 0.342 e. The van der Waals surface area contributed by atoms with E-state index in [4.69, 9.17) is 10.7 Å². The van der Waals surface area contributed by atoms with E-state index in [2.05, 4.69) is 0 Å². The highest BCUT2D eigenvalue weighted by atomic mass is 16.6. The number of nitrogens with two attached hydrogens (primary N) is 1. The quantitative estimate of drug-likeness (QED) is 0.823. The van der Waals surface area contributed by atoms with Gasteiger partial charge in [-0.2, -0.15) is 0 Å². The van der Waals surface area contributed by atoms with Crippen LogP contribution in [0, 0.1) is 6.92 Å². The number of piperidine rings is 1. The van der Waals surface area contributed by atoms with Crippen LogP contribution < -0.4 is 5.90 Å². The smallest absolute Gasteiger partial charge is 0.226 e. The average Bonchev–Trinajstić information content (AvgIpc) is 2.41. The summed E-state index contributed by atoms with van der Waals surface area (Å²) in [5.74, 6) is 5.35. The molecule has 0 unspecified atom stereocenters. The molecule has 0 spiro atoms. The van der Waals surface area contributed by atoms with E-state index in [1.165, 1.54) is 5.56 Å². The molecule has 98 valence electrons. The van der Waals surface area contributed by atoms with E-state index < -0.39 is 0 Å². The Bertz CT molecular complexity index is 395. The maximum absolute atomic E-state index is 12.1. The summed E-state index contributed by atoms with van der Waals surface area (Å²) in [7, 11) is 0. The van der Waals surface area contributed by atoms with Gasteiger partial charge in [-0.25, -0.2) is 5.90 Å². The molecule has 0 radical (unpaired) electrons. The van der Waals surface area contributed by atoms with Crippen LogP contribution in [0.4, 0.5) is 0 Å². The molecular formula is C14H20N2O2. The minimum atomic E-state index is 0.105. The fourth-order valence-electron chi connectivity index (χ4n) is 2.23. The van der Waals surface area contributed by atoms with Crippen molar-refractivity contribution in [3.63, 3.8) is 0 Å². The van der Waals surface area contributed by atoms with Crippen LogP contribution in [0.3, 0.4) is 0 Å². The highest BCUT2D eigenvalue weighted by Crippen LogP contribution is 2.14. The summed E-state index contributed by atoms with van der Waals surface area (Å²) >= 11 is 0. The van der Waals surface area contributed by atoms with Gasteiger partial charge in [0.15, 0.2) is 0 Å². The summed E-state index contributed by atoms with van der Waals surface area (Å²) in [6.45, 7) is 3.53. The predicted molar refractivity (Wildman–Crippen MR) is 69.8 cm³/mol. The van der Waals surface area contributed by atoms with Crippen LogP contribution >= 0.6 is 0 Å². The summed E-state index contributed by atoms with van der Waals surface area (Å²) in [5.41, 5.74) is 2.29. The van der Waals surface area contributed by atoms with E-state index >= 15 is 0 Å². The molecule has 1 fully saturated rings. The van der Waals surface area contributed by atoms with Crippen molar-refractivity contribution in [1.29, 1.82) is 0 Å². The highest BCUT2D eigenvalue weighted by Gasteiger charge is 2.22. The number of nitrogens with zero attached hydrogens (tertiary/aromatic N) is 1. The number of likely N-dealkylation sites (tertiary alicyclic amines) is 1. The second-order valence-corrected chi connectivity index (χ2v) is 4.88. The normalized spacial score (nSPS) is 16.9. The van der Waals surface area contributed by atoms with Gasteiger partial charge >= 0.3 is 0 Å². The van der Waals surface area contributed by atoms with Crippen molar-refractivity contribution in [2.45, 2.75) is 32.3 Å². The third-order valence-electron chi connectivity index (χ3n) is 3.46. The van der Waals surface area contributed by atoms with Crippen LogP contribution in [0.5, 0.6) is 0 Å². The number of rotatable bonds is 3. The molecule has 0 saturated carbocycles. The number of hydrogen-bond donors (Lipinski definition) is 1. The molecule has 1 saturated heterocycles. The molecule has 18 heavy (non-hydrogen) atoms. The first-order valence-electron chi connectivity index (χ1n) is 6.38. The van der Waals surface area contributed by atoms with Crippen molar-refractivity contribution in [2.24, 2.45) is 5.90 Å². The molecule has 1 aromatic rings. The van der Waals surface area contributed by atoms with Gasteiger partial charge in [0.2, 0.25) is 5.91 Å². The van der Waals surface area contributed by atoms with Crippen LogP contribution in [0.15, 0.2) is 24.3 Å². The van der Waals surface area contributed by atoms with Crippen molar-refractivity contribution in [3.05, 3.63) is 35.4 Å². The summed E-state index contributed by atoms with van der Waals surface area (Å²) < 4.78 is 0. The minimum absolute atomic E-state index is 0.105. The topological polar surface area (TPSA) is 55.6 Å². The van der Waals surface area contributed by atoms with E-state index in [-0.39, 0.29) is 12.0 Å². The second kappa shape index (κ2) is 5.98.